The van der Waals surface area contributed by atoms with E-state index in [1.165, 1.54) is 6.07 Å². The molecule has 0 fully saturated rings. The lowest BCUT2D eigenvalue weighted by Crippen LogP contribution is -2.29. The van der Waals surface area contributed by atoms with Crippen molar-refractivity contribution in [2.24, 2.45) is 0 Å². The molecular weight excluding hydrogens is 379 g/mol. The number of rotatable bonds is 8. The van der Waals surface area contributed by atoms with E-state index in [2.05, 4.69) is 10.6 Å². The summed E-state index contributed by atoms with van der Waals surface area (Å²) in [5.74, 6) is 2.09. The molecule has 2 aromatic carbocycles. The molecule has 0 aromatic heterocycles. The quantitative estimate of drug-likeness (QED) is 0.477. The Morgan fingerprint density at radius 1 is 1.28 bits per heavy atom. The third kappa shape index (κ3) is 6.72. The van der Waals surface area contributed by atoms with Crippen LogP contribution in [0.5, 0.6) is 5.75 Å². The van der Waals surface area contributed by atoms with Crippen molar-refractivity contribution in [3.8, 4) is 5.75 Å². The number of thioether (sulfide) groups is 1. The summed E-state index contributed by atoms with van der Waals surface area (Å²) in [5, 5.41) is 7.30. The molecule has 0 radical (unpaired) electrons. The zero-order valence-corrected chi connectivity index (χ0v) is 16.2. The van der Waals surface area contributed by atoms with Crippen molar-refractivity contribution in [1.82, 2.24) is 5.32 Å². The van der Waals surface area contributed by atoms with E-state index in [1.54, 1.807) is 37.1 Å². The number of benzene rings is 2. The van der Waals surface area contributed by atoms with Crippen LogP contribution in [0.2, 0.25) is 5.02 Å². The normalized spacial score (nSPS) is 10.4. The zero-order chi connectivity index (χ0) is 18.1. The number of methoxy groups -OCH3 is 1. The molecular formula is C18H20ClFN2OS2. The molecule has 7 heteroatoms. The van der Waals surface area contributed by atoms with Crippen LogP contribution < -0.4 is 15.4 Å². The van der Waals surface area contributed by atoms with Crippen molar-refractivity contribution >= 4 is 46.4 Å². The molecule has 0 heterocycles. The van der Waals surface area contributed by atoms with Gasteiger partial charge in [0.1, 0.15) is 11.6 Å². The highest BCUT2D eigenvalue weighted by Gasteiger charge is 2.04. The summed E-state index contributed by atoms with van der Waals surface area (Å²) in [7, 11) is 1.57. The number of hydrogen-bond donors (Lipinski definition) is 2. The van der Waals surface area contributed by atoms with Crippen molar-refractivity contribution in [2.45, 2.75) is 12.2 Å². The SMILES string of the molecule is COc1ccc(NC(=S)NCCCSCc2ccccc2F)cc1Cl. The van der Waals surface area contributed by atoms with Gasteiger partial charge in [-0.3, -0.25) is 0 Å². The van der Waals surface area contributed by atoms with Crippen molar-refractivity contribution in [3.05, 3.63) is 58.9 Å². The molecule has 134 valence electrons. The Hall–Kier alpha value is -1.50. The molecule has 2 rings (SSSR count). The zero-order valence-electron chi connectivity index (χ0n) is 13.9. The van der Waals surface area contributed by atoms with Crippen LogP contribution in [0.15, 0.2) is 42.5 Å². The summed E-state index contributed by atoms with van der Waals surface area (Å²) in [6.45, 7) is 0.750. The number of nitrogens with one attached hydrogen (secondary N) is 2. The maximum atomic E-state index is 13.5. The van der Waals surface area contributed by atoms with Gasteiger partial charge in [0, 0.05) is 18.0 Å². The molecule has 0 spiro atoms. The second-order valence-electron chi connectivity index (χ2n) is 5.23. The summed E-state index contributed by atoms with van der Waals surface area (Å²) >= 11 is 13.0. The van der Waals surface area contributed by atoms with E-state index in [4.69, 9.17) is 28.6 Å². The minimum Gasteiger partial charge on any atom is -0.495 e. The Bertz CT molecular complexity index is 715. The van der Waals surface area contributed by atoms with E-state index < -0.39 is 0 Å². The van der Waals surface area contributed by atoms with E-state index >= 15 is 0 Å². The third-order valence-corrected chi connectivity index (χ3v) is 5.01. The highest BCUT2D eigenvalue weighted by atomic mass is 35.5. The van der Waals surface area contributed by atoms with E-state index in [0.29, 0.717) is 21.6 Å². The van der Waals surface area contributed by atoms with Crippen LogP contribution in [0.3, 0.4) is 0 Å². The van der Waals surface area contributed by atoms with Gasteiger partial charge < -0.3 is 15.4 Å². The van der Waals surface area contributed by atoms with Gasteiger partial charge in [0.25, 0.3) is 0 Å². The Kier molecular flexibility index (Phi) is 8.31. The number of hydrogen-bond acceptors (Lipinski definition) is 3. The standard InChI is InChI=1S/C18H20ClFN2OS2/c1-23-17-8-7-14(11-15(17)19)22-18(24)21-9-4-10-25-12-13-5-2-3-6-16(13)20/h2-3,5-8,11H,4,9-10,12H2,1H3,(H2,21,22,24). The Morgan fingerprint density at radius 3 is 2.80 bits per heavy atom. The number of thiocarbonyl (C=S) groups is 1. The van der Waals surface area contributed by atoms with Crippen LogP contribution in [0.4, 0.5) is 10.1 Å². The van der Waals surface area contributed by atoms with Crippen LogP contribution in [0.25, 0.3) is 0 Å². The summed E-state index contributed by atoms with van der Waals surface area (Å²) in [6, 6.07) is 12.3. The lowest BCUT2D eigenvalue weighted by molar-refractivity contribution is 0.415. The molecule has 2 aromatic rings. The fourth-order valence-corrected chi connectivity index (χ4v) is 3.52. The van der Waals surface area contributed by atoms with Gasteiger partial charge >= 0.3 is 0 Å². The van der Waals surface area contributed by atoms with Gasteiger partial charge in [0.15, 0.2) is 5.11 Å². The summed E-state index contributed by atoms with van der Waals surface area (Å²) in [6.07, 6.45) is 0.935. The molecule has 0 amide bonds. The third-order valence-electron chi connectivity index (χ3n) is 3.38. The van der Waals surface area contributed by atoms with Gasteiger partial charge in [0.2, 0.25) is 0 Å². The molecule has 3 nitrogen and oxygen atoms in total. The molecule has 0 aliphatic heterocycles. The first-order chi connectivity index (χ1) is 12.1. The van der Waals surface area contributed by atoms with Crippen LogP contribution in [-0.2, 0) is 5.75 Å². The number of ether oxygens (including phenoxy) is 1. The van der Waals surface area contributed by atoms with Gasteiger partial charge in [-0.15, -0.1) is 0 Å². The molecule has 0 unspecified atom stereocenters. The molecule has 0 atom stereocenters. The molecule has 0 bridgehead atoms. The van der Waals surface area contributed by atoms with E-state index in [-0.39, 0.29) is 5.82 Å². The summed E-state index contributed by atoms with van der Waals surface area (Å²) in [5.41, 5.74) is 1.55. The van der Waals surface area contributed by atoms with Crippen LogP contribution in [0, 0.1) is 5.82 Å². The second-order valence-corrected chi connectivity index (χ2v) is 7.15. The number of halogens is 2. The Morgan fingerprint density at radius 2 is 2.08 bits per heavy atom. The van der Waals surface area contributed by atoms with E-state index in [9.17, 15) is 4.39 Å². The minimum absolute atomic E-state index is 0.142. The molecule has 2 N–H and O–H groups in total. The lowest BCUT2D eigenvalue weighted by atomic mass is 10.2. The van der Waals surface area contributed by atoms with Gasteiger partial charge in [-0.2, -0.15) is 11.8 Å². The van der Waals surface area contributed by atoms with Gasteiger partial charge in [0.05, 0.1) is 12.1 Å². The van der Waals surface area contributed by atoms with Gasteiger partial charge in [-0.25, -0.2) is 4.39 Å². The van der Waals surface area contributed by atoms with Gasteiger partial charge in [-0.1, -0.05) is 29.8 Å². The van der Waals surface area contributed by atoms with Crippen LogP contribution >= 0.6 is 35.6 Å². The molecule has 0 aliphatic rings. The van der Waals surface area contributed by atoms with Crippen molar-refractivity contribution < 1.29 is 9.13 Å². The van der Waals surface area contributed by atoms with E-state index in [0.717, 1.165) is 30.0 Å². The summed E-state index contributed by atoms with van der Waals surface area (Å²) < 4.78 is 18.6. The maximum Gasteiger partial charge on any atom is 0.170 e. The molecule has 0 aliphatic carbocycles. The van der Waals surface area contributed by atoms with Gasteiger partial charge in [-0.05, 0) is 54.2 Å². The number of anilines is 1. The first-order valence-corrected chi connectivity index (χ1v) is 9.74. The second kappa shape index (κ2) is 10.5. The molecule has 0 saturated heterocycles. The average molecular weight is 399 g/mol. The smallest absolute Gasteiger partial charge is 0.170 e. The Labute approximate surface area is 162 Å². The molecule has 0 saturated carbocycles. The lowest BCUT2D eigenvalue weighted by Gasteiger charge is -2.11. The average Bonchev–Trinajstić information content (AvgIpc) is 2.59. The fraction of sp³-hybridized carbons (Fsp3) is 0.278. The maximum absolute atomic E-state index is 13.5. The van der Waals surface area contributed by atoms with E-state index in [1.807, 2.05) is 18.2 Å². The van der Waals surface area contributed by atoms with Crippen molar-refractivity contribution in [2.75, 3.05) is 24.7 Å². The van der Waals surface area contributed by atoms with Crippen molar-refractivity contribution in [1.29, 1.82) is 0 Å². The van der Waals surface area contributed by atoms with Crippen LogP contribution in [0.1, 0.15) is 12.0 Å². The first-order valence-electron chi connectivity index (χ1n) is 7.79. The first kappa shape index (κ1) is 19.8. The molecule has 25 heavy (non-hydrogen) atoms. The fourth-order valence-electron chi connectivity index (χ4n) is 2.09. The largest absolute Gasteiger partial charge is 0.495 e. The monoisotopic (exact) mass is 398 g/mol. The van der Waals surface area contributed by atoms with Crippen molar-refractivity contribution in [3.63, 3.8) is 0 Å². The summed E-state index contributed by atoms with van der Waals surface area (Å²) in [4.78, 5) is 0. The Balaban J connectivity index is 1.62. The predicted molar refractivity (Wildman–Crippen MR) is 109 cm³/mol. The predicted octanol–water partition coefficient (Wildman–Crippen LogP) is 5.10. The topological polar surface area (TPSA) is 33.3 Å². The highest BCUT2D eigenvalue weighted by Crippen LogP contribution is 2.27. The highest BCUT2D eigenvalue weighted by molar-refractivity contribution is 7.98. The minimum atomic E-state index is -0.142. The van der Waals surface area contributed by atoms with Crippen LogP contribution in [-0.4, -0.2) is 24.5 Å².